The van der Waals surface area contributed by atoms with Crippen LogP contribution in [0.25, 0.3) is 0 Å². The Kier molecular flexibility index (Phi) is 6.06. The number of hydrogen-bond acceptors (Lipinski definition) is 6. The average Bonchev–Trinajstić information content (AvgIpc) is 2.85. The molecule has 1 heterocycles. The third-order valence-corrected chi connectivity index (χ3v) is 6.11. The smallest absolute Gasteiger partial charge is 0.317 e. The highest BCUT2D eigenvalue weighted by Crippen LogP contribution is 2.17. The first-order valence-electron chi connectivity index (χ1n) is 7.24. The summed E-state index contributed by atoms with van der Waals surface area (Å²) in [5.74, 6) is -0.812. The van der Waals surface area contributed by atoms with Crippen molar-refractivity contribution in [2.45, 2.75) is 30.4 Å². The summed E-state index contributed by atoms with van der Waals surface area (Å²) in [4.78, 5) is 24.6. The summed E-state index contributed by atoms with van der Waals surface area (Å²) in [6.45, 7) is 1.48. The molecule has 1 fully saturated rings. The number of benzene rings is 1. The first-order valence-corrected chi connectivity index (χ1v) is 10.0. The molecule has 1 N–H and O–H groups in total. The van der Waals surface area contributed by atoms with Gasteiger partial charge in [0.15, 0.2) is 15.9 Å². The quantitative estimate of drug-likeness (QED) is 0.604. The number of sulfone groups is 1. The topological polar surface area (TPSA) is 89.5 Å². The number of esters is 1. The van der Waals surface area contributed by atoms with E-state index in [9.17, 15) is 18.0 Å². The molecule has 0 aromatic heterocycles. The summed E-state index contributed by atoms with van der Waals surface area (Å²) in [7, 11) is -3.05. The fraction of sp³-hybridized carbons (Fsp3) is 0.467. The van der Waals surface area contributed by atoms with E-state index in [-0.39, 0.29) is 17.3 Å². The number of thioether (sulfide) groups is 1. The van der Waals surface area contributed by atoms with Crippen LogP contribution in [0.3, 0.4) is 0 Å². The average molecular weight is 357 g/mol. The van der Waals surface area contributed by atoms with E-state index in [1.807, 2.05) is 30.3 Å². The zero-order valence-corrected chi connectivity index (χ0v) is 14.4. The molecule has 1 aromatic carbocycles. The second-order valence-corrected chi connectivity index (χ2v) is 8.62. The predicted octanol–water partition coefficient (Wildman–Crippen LogP) is 1.01. The summed E-state index contributed by atoms with van der Waals surface area (Å²) < 4.78 is 27.8. The largest absolute Gasteiger partial charge is 0.452 e. The fourth-order valence-electron chi connectivity index (χ4n) is 2.17. The first kappa shape index (κ1) is 17.8. The van der Waals surface area contributed by atoms with Crippen LogP contribution >= 0.6 is 11.8 Å². The third-order valence-electron chi connectivity index (χ3n) is 3.36. The van der Waals surface area contributed by atoms with Gasteiger partial charge >= 0.3 is 5.97 Å². The molecule has 1 saturated heterocycles. The van der Waals surface area contributed by atoms with Gasteiger partial charge in [-0.25, -0.2) is 8.42 Å². The Morgan fingerprint density at radius 1 is 1.35 bits per heavy atom. The van der Waals surface area contributed by atoms with Gasteiger partial charge in [0, 0.05) is 10.9 Å². The van der Waals surface area contributed by atoms with Crippen LogP contribution in [0.2, 0.25) is 0 Å². The SMILES string of the molecule is C[C@@H](OC(=O)CSc1ccccc1)C(=O)N[C@H]1CCS(=O)(=O)C1. The lowest BCUT2D eigenvalue weighted by molar-refractivity contribution is -0.152. The zero-order valence-electron chi connectivity index (χ0n) is 12.7. The summed E-state index contributed by atoms with van der Waals surface area (Å²) in [6.07, 6.45) is -0.541. The van der Waals surface area contributed by atoms with Crippen molar-refractivity contribution in [2.24, 2.45) is 0 Å². The van der Waals surface area contributed by atoms with Crippen LogP contribution in [0.1, 0.15) is 13.3 Å². The van der Waals surface area contributed by atoms with E-state index in [1.165, 1.54) is 18.7 Å². The van der Waals surface area contributed by atoms with Crippen molar-refractivity contribution < 1.29 is 22.7 Å². The normalized spacial score (nSPS) is 20.7. The van der Waals surface area contributed by atoms with Crippen molar-refractivity contribution in [3.63, 3.8) is 0 Å². The summed E-state index contributed by atoms with van der Waals surface area (Å²) in [6, 6.07) is 9.01. The van der Waals surface area contributed by atoms with Gasteiger partial charge in [0.1, 0.15) is 0 Å². The minimum Gasteiger partial charge on any atom is -0.452 e. The van der Waals surface area contributed by atoms with E-state index in [4.69, 9.17) is 4.74 Å². The van der Waals surface area contributed by atoms with E-state index in [0.29, 0.717) is 6.42 Å². The Morgan fingerprint density at radius 3 is 2.65 bits per heavy atom. The van der Waals surface area contributed by atoms with Crippen LogP contribution in [0.4, 0.5) is 0 Å². The Morgan fingerprint density at radius 2 is 2.04 bits per heavy atom. The van der Waals surface area contributed by atoms with Crippen LogP contribution in [0.5, 0.6) is 0 Å². The monoisotopic (exact) mass is 357 g/mol. The van der Waals surface area contributed by atoms with Crippen molar-refractivity contribution in [3.8, 4) is 0 Å². The van der Waals surface area contributed by atoms with E-state index in [0.717, 1.165) is 4.90 Å². The molecule has 1 amide bonds. The van der Waals surface area contributed by atoms with Gasteiger partial charge in [-0.3, -0.25) is 9.59 Å². The molecule has 126 valence electrons. The van der Waals surface area contributed by atoms with Gasteiger partial charge in [-0.2, -0.15) is 0 Å². The number of hydrogen-bond donors (Lipinski definition) is 1. The molecule has 0 saturated carbocycles. The summed E-state index contributed by atoms with van der Waals surface area (Å²) >= 11 is 1.33. The maximum atomic E-state index is 11.9. The van der Waals surface area contributed by atoms with Crippen LogP contribution in [0.15, 0.2) is 35.2 Å². The summed E-state index contributed by atoms with van der Waals surface area (Å²) in [5, 5.41) is 2.61. The molecular weight excluding hydrogens is 338 g/mol. The number of carbonyl (C=O) groups is 2. The van der Waals surface area contributed by atoms with Crippen LogP contribution in [-0.4, -0.2) is 49.7 Å². The number of carbonyl (C=O) groups excluding carboxylic acids is 2. The maximum Gasteiger partial charge on any atom is 0.317 e. The second kappa shape index (κ2) is 7.83. The van der Waals surface area contributed by atoms with Gasteiger partial charge in [-0.05, 0) is 25.5 Å². The molecule has 0 aliphatic carbocycles. The lowest BCUT2D eigenvalue weighted by Gasteiger charge is -2.16. The molecule has 2 rings (SSSR count). The number of rotatable bonds is 6. The van der Waals surface area contributed by atoms with Gasteiger partial charge in [0.05, 0.1) is 17.3 Å². The Labute approximate surface area is 139 Å². The van der Waals surface area contributed by atoms with E-state index >= 15 is 0 Å². The van der Waals surface area contributed by atoms with E-state index in [1.54, 1.807) is 0 Å². The molecule has 8 heteroatoms. The van der Waals surface area contributed by atoms with Gasteiger partial charge in [-0.15, -0.1) is 11.8 Å². The number of ether oxygens (including phenoxy) is 1. The molecule has 0 bridgehead atoms. The highest BCUT2D eigenvalue weighted by atomic mass is 32.2. The molecule has 23 heavy (non-hydrogen) atoms. The van der Waals surface area contributed by atoms with Gasteiger partial charge in [-0.1, -0.05) is 18.2 Å². The minimum atomic E-state index is -3.05. The molecular formula is C15H19NO5S2. The van der Waals surface area contributed by atoms with Gasteiger partial charge < -0.3 is 10.1 Å². The van der Waals surface area contributed by atoms with Crippen molar-refractivity contribution in [2.75, 3.05) is 17.3 Å². The van der Waals surface area contributed by atoms with Crippen LogP contribution < -0.4 is 5.32 Å². The molecule has 1 aliphatic heterocycles. The van der Waals surface area contributed by atoms with E-state index < -0.39 is 33.9 Å². The number of nitrogens with one attached hydrogen (secondary N) is 1. The molecule has 6 nitrogen and oxygen atoms in total. The lowest BCUT2D eigenvalue weighted by atomic mass is 10.2. The lowest BCUT2D eigenvalue weighted by Crippen LogP contribution is -2.42. The van der Waals surface area contributed by atoms with Gasteiger partial charge in [0.2, 0.25) is 0 Å². The fourth-order valence-corrected chi connectivity index (χ4v) is 4.55. The predicted molar refractivity (Wildman–Crippen MR) is 87.9 cm³/mol. The standard InChI is InChI=1S/C15H19NO5S2/c1-11(15(18)16-12-7-8-23(19,20)10-12)21-14(17)9-22-13-5-3-2-4-6-13/h2-6,11-12H,7-10H2,1H3,(H,16,18)/t11-,12+/m1/s1. The highest BCUT2D eigenvalue weighted by Gasteiger charge is 2.30. The summed E-state index contributed by atoms with van der Waals surface area (Å²) in [5.41, 5.74) is 0. The maximum absolute atomic E-state index is 11.9. The van der Waals surface area contributed by atoms with Crippen molar-refractivity contribution in [1.29, 1.82) is 0 Å². The highest BCUT2D eigenvalue weighted by molar-refractivity contribution is 8.00. The molecule has 1 aromatic rings. The Balaban J connectivity index is 1.73. The van der Waals surface area contributed by atoms with Crippen molar-refractivity contribution >= 4 is 33.5 Å². The minimum absolute atomic E-state index is 0.0523. The molecule has 1 aliphatic rings. The third kappa shape index (κ3) is 5.87. The molecule has 0 unspecified atom stereocenters. The second-order valence-electron chi connectivity index (χ2n) is 5.34. The van der Waals surface area contributed by atoms with Crippen molar-refractivity contribution in [3.05, 3.63) is 30.3 Å². The van der Waals surface area contributed by atoms with Gasteiger partial charge in [0.25, 0.3) is 5.91 Å². The molecule has 0 radical (unpaired) electrons. The van der Waals surface area contributed by atoms with Crippen molar-refractivity contribution in [1.82, 2.24) is 5.32 Å². The van der Waals surface area contributed by atoms with Crippen LogP contribution in [-0.2, 0) is 24.2 Å². The number of amides is 1. The Bertz CT molecular complexity index is 660. The molecule has 0 spiro atoms. The van der Waals surface area contributed by atoms with Crippen LogP contribution in [0, 0.1) is 0 Å². The van der Waals surface area contributed by atoms with E-state index in [2.05, 4.69) is 5.32 Å². The zero-order chi connectivity index (χ0) is 16.9. The Hall–Kier alpha value is -1.54. The molecule has 2 atom stereocenters. The first-order chi connectivity index (χ1) is 10.9.